The lowest BCUT2D eigenvalue weighted by atomic mass is 10.3. The van der Waals surface area contributed by atoms with Crippen molar-refractivity contribution < 1.29 is 18.6 Å². The normalized spacial score (nSPS) is 15.1. The SMILES string of the molecule is Brc1n[nH]c(Br)n1.Brc1nc(Br)n(C2COC2)n1.Fc1cc(Cl)cc(Oc2nc(Br)nn2C2COC2)c1. The first-order valence-corrected chi connectivity index (χ1v) is 14.4. The minimum absolute atomic E-state index is 0.0813. The van der Waals surface area contributed by atoms with E-state index in [-0.39, 0.29) is 22.8 Å². The van der Waals surface area contributed by atoms with Crippen molar-refractivity contribution in [3.63, 3.8) is 0 Å². The Labute approximate surface area is 255 Å². The van der Waals surface area contributed by atoms with Crippen molar-refractivity contribution in [3.8, 4) is 11.8 Å². The highest BCUT2D eigenvalue weighted by Crippen LogP contribution is 2.29. The third kappa shape index (κ3) is 8.23. The number of hydrogen-bond donors (Lipinski definition) is 1. The molecule has 0 bridgehead atoms. The lowest BCUT2D eigenvalue weighted by Gasteiger charge is -2.26. The molecule has 12 nitrogen and oxygen atoms in total. The molecule has 2 aliphatic heterocycles. The van der Waals surface area contributed by atoms with Gasteiger partial charge >= 0.3 is 6.01 Å². The first kappa shape index (κ1) is 29.0. The molecule has 0 radical (unpaired) electrons. The molecule has 5 heterocycles. The third-order valence-corrected chi connectivity index (χ3v) is 6.69. The number of aromatic nitrogens is 9. The Morgan fingerprint density at radius 2 is 1.49 bits per heavy atom. The first-order valence-electron chi connectivity index (χ1n) is 10.1. The van der Waals surface area contributed by atoms with Crippen LogP contribution in [0.5, 0.6) is 11.8 Å². The zero-order valence-electron chi connectivity index (χ0n) is 18.2. The van der Waals surface area contributed by atoms with E-state index in [1.807, 2.05) is 4.68 Å². The molecule has 0 amide bonds. The summed E-state index contributed by atoms with van der Waals surface area (Å²) in [6.07, 6.45) is 0. The van der Waals surface area contributed by atoms with Crippen molar-refractivity contribution in [2.24, 2.45) is 0 Å². The molecule has 2 aliphatic rings. The highest BCUT2D eigenvalue weighted by Gasteiger charge is 2.26. The van der Waals surface area contributed by atoms with E-state index in [9.17, 15) is 4.39 Å². The van der Waals surface area contributed by atoms with Crippen molar-refractivity contribution in [2.75, 3.05) is 26.4 Å². The van der Waals surface area contributed by atoms with Crippen LogP contribution in [-0.4, -0.2) is 71.1 Å². The number of nitrogens with one attached hydrogen (secondary N) is 1. The number of benzene rings is 1. The Morgan fingerprint density at radius 1 is 0.865 bits per heavy atom. The fourth-order valence-electron chi connectivity index (χ4n) is 2.75. The van der Waals surface area contributed by atoms with E-state index in [0.717, 1.165) is 17.9 Å². The predicted molar refractivity (Wildman–Crippen MR) is 146 cm³/mol. The Balaban J connectivity index is 0.000000149. The smallest absolute Gasteiger partial charge is 0.321 e. The summed E-state index contributed by atoms with van der Waals surface area (Å²) in [6, 6.07) is 4.64. The molecule has 198 valence electrons. The summed E-state index contributed by atoms with van der Waals surface area (Å²) >= 11 is 21.6. The molecule has 1 N–H and O–H groups in total. The van der Waals surface area contributed by atoms with Gasteiger partial charge in [0.25, 0.3) is 0 Å². The second-order valence-electron chi connectivity index (χ2n) is 7.19. The van der Waals surface area contributed by atoms with Crippen LogP contribution in [0.4, 0.5) is 4.39 Å². The van der Waals surface area contributed by atoms with E-state index in [1.165, 1.54) is 18.2 Å². The zero-order chi connectivity index (χ0) is 26.5. The molecular formula is C18H14Br5ClFN9O3. The number of rotatable bonds is 4. The number of nitrogens with zero attached hydrogens (tertiary/aromatic N) is 8. The van der Waals surface area contributed by atoms with Crippen LogP contribution in [0.15, 0.2) is 41.9 Å². The summed E-state index contributed by atoms with van der Waals surface area (Å²) in [6.45, 7) is 2.56. The van der Waals surface area contributed by atoms with Crippen molar-refractivity contribution in [1.82, 2.24) is 44.7 Å². The van der Waals surface area contributed by atoms with Gasteiger partial charge in [-0.1, -0.05) is 11.6 Å². The van der Waals surface area contributed by atoms with Crippen LogP contribution in [0.25, 0.3) is 0 Å². The zero-order valence-corrected chi connectivity index (χ0v) is 26.8. The third-order valence-electron chi connectivity index (χ3n) is 4.55. The molecular weight excluding hydrogens is 844 g/mol. The molecule has 0 atom stereocenters. The summed E-state index contributed by atoms with van der Waals surface area (Å²) in [5, 5.41) is 14.8. The van der Waals surface area contributed by atoms with Crippen LogP contribution in [-0.2, 0) is 9.47 Å². The van der Waals surface area contributed by atoms with Crippen molar-refractivity contribution in [2.45, 2.75) is 12.1 Å². The van der Waals surface area contributed by atoms with Crippen LogP contribution in [0.2, 0.25) is 5.02 Å². The molecule has 2 saturated heterocycles. The van der Waals surface area contributed by atoms with Crippen LogP contribution in [0, 0.1) is 5.82 Å². The van der Waals surface area contributed by atoms with Crippen LogP contribution >= 0.6 is 91.3 Å². The lowest BCUT2D eigenvalue weighted by molar-refractivity contribution is -0.0313. The molecule has 0 saturated carbocycles. The van der Waals surface area contributed by atoms with Gasteiger partial charge in [-0.3, -0.25) is 5.10 Å². The summed E-state index contributed by atoms with van der Waals surface area (Å²) in [4.78, 5) is 11.9. The molecule has 0 unspecified atom stereocenters. The summed E-state index contributed by atoms with van der Waals surface area (Å²) in [5.74, 6) is -0.203. The fourth-order valence-corrected chi connectivity index (χ4v) is 5.16. The monoisotopic (exact) mass is 853 g/mol. The van der Waals surface area contributed by atoms with Gasteiger partial charge in [-0.05, 0) is 91.8 Å². The predicted octanol–water partition coefficient (Wildman–Crippen LogP) is 5.90. The highest BCUT2D eigenvalue weighted by atomic mass is 79.9. The average Bonchev–Trinajstić information content (AvgIpc) is 3.38. The van der Waals surface area contributed by atoms with Crippen molar-refractivity contribution >= 4 is 91.3 Å². The molecule has 0 aliphatic carbocycles. The van der Waals surface area contributed by atoms with E-state index in [4.69, 9.17) is 25.8 Å². The molecule has 19 heteroatoms. The van der Waals surface area contributed by atoms with Gasteiger partial charge in [0.1, 0.15) is 23.7 Å². The largest absolute Gasteiger partial charge is 0.424 e. The number of halogens is 7. The van der Waals surface area contributed by atoms with E-state index in [1.54, 1.807) is 4.68 Å². The molecule has 2 fully saturated rings. The molecule has 6 rings (SSSR count). The lowest BCUT2D eigenvalue weighted by Crippen LogP contribution is -2.31. The second-order valence-corrected chi connectivity index (χ2v) is 11.2. The number of ether oxygens (including phenoxy) is 3. The summed E-state index contributed by atoms with van der Waals surface area (Å²) in [7, 11) is 0. The number of H-pyrrole nitrogens is 1. The van der Waals surface area contributed by atoms with Crippen LogP contribution in [0.1, 0.15) is 12.1 Å². The Morgan fingerprint density at radius 3 is 1.95 bits per heavy atom. The highest BCUT2D eigenvalue weighted by molar-refractivity contribution is 9.11. The molecule has 3 aromatic heterocycles. The van der Waals surface area contributed by atoms with Crippen molar-refractivity contribution in [3.05, 3.63) is 52.7 Å². The first-order chi connectivity index (χ1) is 17.7. The van der Waals surface area contributed by atoms with Gasteiger partial charge in [0.15, 0.2) is 9.47 Å². The molecule has 4 aromatic rings. The Kier molecular flexibility index (Phi) is 10.5. The number of aromatic amines is 1. The standard InChI is InChI=1S/C11H8BrClFN3O2.C5H5Br2N3O.C2HBr2N3/c12-10-15-11(17(16-10)8-4-18-5-8)19-9-2-6(13)1-7(14)3-9;6-4-8-5(7)10(9-4)3-1-11-2-3;3-1-5-2(4)7-6-1/h1-3,8H,4-5H2;3H,1-2H2;(H,5,6,7). The van der Waals surface area contributed by atoms with Crippen molar-refractivity contribution in [1.29, 1.82) is 0 Å². The van der Waals surface area contributed by atoms with Gasteiger partial charge in [0, 0.05) is 11.1 Å². The van der Waals surface area contributed by atoms with Gasteiger partial charge in [-0.15, -0.1) is 15.3 Å². The maximum Gasteiger partial charge on any atom is 0.321 e. The summed E-state index contributed by atoms with van der Waals surface area (Å²) < 4.78 is 35.3. The van der Waals surface area contributed by atoms with Gasteiger partial charge in [-0.2, -0.15) is 15.0 Å². The number of hydrogen-bond acceptors (Lipinski definition) is 9. The quantitative estimate of drug-likeness (QED) is 0.267. The van der Waals surface area contributed by atoms with E-state index in [0.29, 0.717) is 38.2 Å². The van der Waals surface area contributed by atoms with Crippen LogP contribution < -0.4 is 4.74 Å². The van der Waals surface area contributed by atoms with E-state index in [2.05, 4.69) is 115 Å². The van der Waals surface area contributed by atoms with Gasteiger partial charge in [0.2, 0.25) is 14.2 Å². The fraction of sp³-hybridized carbons (Fsp3) is 0.333. The molecule has 1 aromatic carbocycles. The Hall–Kier alpha value is -1.02. The minimum atomic E-state index is -0.473. The van der Waals surface area contributed by atoms with Gasteiger partial charge in [-0.25, -0.2) is 13.8 Å². The maximum absolute atomic E-state index is 13.2. The van der Waals surface area contributed by atoms with Gasteiger partial charge < -0.3 is 14.2 Å². The maximum atomic E-state index is 13.2. The minimum Gasteiger partial charge on any atom is -0.424 e. The average molecular weight is 858 g/mol. The Bertz CT molecular complexity index is 1310. The van der Waals surface area contributed by atoms with E-state index < -0.39 is 5.82 Å². The van der Waals surface area contributed by atoms with Gasteiger partial charge in [0.05, 0.1) is 26.4 Å². The van der Waals surface area contributed by atoms with Crippen LogP contribution in [0.3, 0.4) is 0 Å². The second kappa shape index (κ2) is 13.4. The van der Waals surface area contributed by atoms with E-state index >= 15 is 0 Å². The molecule has 37 heavy (non-hydrogen) atoms. The molecule has 0 spiro atoms. The summed E-state index contributed by atoms with van der Waals surface area (Å²) in [5.41, 5.74) is 0. The topological polar surface area (TPSA) is 131 Å².